The lowest BCUT2D eigenvalue weighted by Gasteiger charge is -2.30. The van der Waals surface area contributed by atoms with Crippen molar-refractivity contribution in [1.82, 2.24) is 9.80 Å². The van der Waals surface area contributed by atoms with Gasteiger partial charge in [0.2, 0.25) is 5.91 Å². The van der Waals surface area contributed by atoms with E-state index in [0.29, 0.717) is 40.1 Å². The number of thioether (sulfide) groups is 1. The Labute approximate surface area is 186 Å². The van der Waals surface area contributed by atoms with E-state index in [9.17, 15) is 14.4 Å². The molecular weight excluding hydrogens is 420 g/mol. The van der Waals surface area contributed by atoms with Crippen LogP contribution in [-0.4, -0.2) is 58.6 Å². The predicted octanol–water partition coefficient (Wildman–Crippen LogP) is 3.71. The van der Waals surface area contributed by atoms with Gasteiger partial charge in [-0.05, 0) is 49.0 Å². The first kappa shape index (κ1) is 22.5. The third-order valence-corrected chi connectivity index (χ3v) is 6.79. The minimum atomic E-state index is -0.401. The summed E-state index contributed by atoms with van der Waals surface area (Å²) in [6.07, 6.45) is 4.91. The molecule has 1 aromatic carbocycles. The molecule has 0 radical (unpaired) electrons. The molecule has 0 N–H and O–H groups in total. The first-order valence-electron chi connectivity index (χ1n) is 10.1. The summed E-state index contributed by atoms with van der Waals surface area (Å²) in [4.78, 5) is 40.7. The van der Waals surface area contributed by atoms with Crippen LogP contribution in [0.1, 0.15) is 48.5 Å². The highest BCUT2D eigenvalue weighted by Crippen LogP contribution is 2.32. The fraction of sp³-hybridized carbons (Fsp3) is 0.455. The van der Waals surface area contributed by atoms with Crippen LogP contribution < -0.4 is 0 Å². The van der Waals surface area contributed by atoms with Crippen LogP contribution in [0.25, 0.3) is 6.08 Å². The molecule has 160 valence electrons. The summed E-state index contributed by atoms with van der Waals surface area (Å²) in [5.41, 5.74) is 1.26. The van der Waals surface area contributed by atoms with Crippen LogP contribution in [-0.2, 0) is 14.3 Å². The predicted molar refractivity (Wildman–Crippen MR) is 122 cm³/mol. The van der Waals surface area contributed by atoms with Crippen molar-refractivity contribution in [3.05, 3.63) is 40.3 Å². The van der Waals surface area contributed by atoms with E-state index in [4.69, 9.17) is 12.2 Å². The minimum Gasteiger partial charge on any atom is -0.465 e. The van der Waals surface area contributed by atoms with Crippen LogP contribution >= 0.6 is 24.0 Å². The van der Waals surface area contributed by atoms with Crippen molar-refractivity contribution < 1.29 is 19.1 Å². The van der Waals surface area contributed by atoms with E-state index < -0.39 is 5.97 Å². The molecule has 0 unspecified atom stereocenters. The molecule has 0 spiro atoms. The molecule has 2 amide bonds. The van der Waals surface area contributed by atoms with E-state index >= 15 is 0 Å². The summed E-state index contributed by atoms with van der Waals surface area (Å²) in [6, 6.07) is 6.84. The lowest BCUT2D eigenvalue weighted by atomic mass is 9.99. The summed E-state index contributed by atoms with van der Waals surface area (Å²) >= 11 is 6.63. The van der Waals surface area contributed by atoms with Crippen molar-refractivity contribution in [1.29, 1.82) is 0 Å². The highest BCUT2D eigenvalue weighted by atomic mass is 32.2. The van der Waals surface area contributed by atoms with Gasteiger partial charge in [0.15, 0.2) is 0 Å². The molecule has 1 aromatic rings. The van der Waals surface area contributed by atoms with E-state index in [2.05, 4.69) is 11.7 Å². The Morgan fingerprint density at radius 1 is 1.23 bits per heavy atom. The summed E-state index contributed by atoms with van der Waals surface area (Å²) in [7, 11) is 1.34. The van der Waals surface area contributed by atoms with Crippen LogP contribution in [0, 0.1) is 5.92 Å². The van der Waals surface area contributed by atoms with Gasteiger partial charge in [-0.25, -0.2) is 4.79 Å². The Morgan fingerprint density at radius 2 is 1.90 bits per heavy atom. The number of carbonyl (C=O) groups is 3. The first-order valence-corrected chi connectivity index (χ1v) is 11.3. The van der Waals surface area contributed by atoms with Gasteiger partial charge in [0.1, 0.15) is 4.32 Å². The number of benzene rings is 1. The van der Waals surface area contributed by atoms with Gasteiger partial charge < -0.3 is 9.64 Å². The van der Waals surface area contributed by atoms with Gasteiger partial charge in [-0.3, -0.25) is 14.5 Å². The maximum atomic E-state index is 12.7. The second-order valence-electron chi connectivity index (χ2n) is 7.61. The highest BCUT2D eigenvalue weighted by molar-refractivity contribution is 8.26. The molecule has 0 bridgehead atoms. The SMILES string of the molecule is COC(=O)c1ccc(C=C2SC(=S)N(CCCC(=O)N3CCC(C)CC3)C2=O)cc1. The Bertz CT molecular complexity index is 858. The van der Waals surface area contributed by atoms with Crippen molar-refractivity contribution in [2.45, 2.75) is 32.6 Å². The van der Waals surface area contributed by atoms with Crippen LogP contribution in [0.2, 0.25) is 0 Å². The van der Waals surface area contributed by atoms with Gasteiger partial charge in [0.05, 0.1) is 17.6 Å². The number of nitrogens with zero attached hydrogens (tertiary/aromatic N) is 2. The number of esters is 1. The number of hydrogen-bond acceptors (Lipinski definition) is 6. The Balaban J connectivity index is 1.53. The number of thiocarbonyl (C=S) groups is 1. The van der Waals surface area contributed by atoms with Crippen molar-refractivity contribution >= 4 is 52.2 Å². The van der Waals surface area contributed by atoms with Crippen LogP contribution in [0.5, 0.6) is 0 Å². The molecule has 0 aliphatic carbocycles. The standard InChI is InChI=1S/C22H26N2O4S2/c1-15-9-12-23(13-10-15)19(25)4-3-11-24-20(26)18(30-22(24)29)14-16-5-7-17(8-6-16)21(27)28-2/h5-8,14-15H,3-4,9-13H2,1-2H3. The zero-order valence-electron chi connectivity index (χ0n) is 17.3. The number of methoxy groups -OCH3 is 1. The van der Waals surface area contributed by atoms with Gasteiger partial charge in [-0.15, -0.1) is 0 Å². The fourth-order valence-corrected chi connectivity index (χ4v) is 4.79. The number of piperidine rings is 1. The molecule has 2 saturated heterocycles. The number of ether oxygens (including phenoxy) is 1. The van der Waals surface area contributed by atoms with Crippen LogP contribution in [0.15, 0.2) is 29.2 Å². The van der Waals surface area contributed by atoms with Gasteiger partial charge in [0, 0.05) is 26.1 Å². The number of hydrogen-bond donors (Lipinski definition) is 0. The quantitative estimate of drug-likeness (QED) is 0.377. The largest absolute Gasteiger partial charge is 0.465 e. The Morgan fingerprint density at radius 3 is 2.53 bits per heavy atom. The summed E-state index contributed by atoms with van der Waals surface area (Å²) in [6.45, 7) is 4.33. The molecule has 2 aliphatic heterocycles. The maximum absolute atomic E-state index is 12.7. The Hall–Kier alpha value is -2.19. The van der Waals surface area contributed by atoms with E-state index in [0.717, 1.165) is 31.5 Å². The lowest BCUT2D eigenvalue weighted by molar-refractivity contribution is -0.133. The fourth-order valence-electron chi connectivity index (χ4n) is 3.48. The molecule has 0 aromatic heterocycles. The summed E-state index contributed by atoms with van der Waals surface area (Å²) in [5.74, 6) is 0.309. The van der Waals surface area contributed by atoms with Gasteiger partial charge in [0.25, 0.3) is 5.91 Å². The van der Waals surface area contributed by atoms with E-state index in [1.54, 1.807) is 35.2 Å². The number of amides is 2. The highest BCUT2D eigenvalue weighted by Gasteiger charge is 2.32. The second kappa shape index (κ2) is 10.2. The zero-order valence-corrected chi connectivity index (χ0v) is 18.9. The second-order valence-corrected chi connectivity index (χ2v) is 9.29. The van der Waals surface area contributed by atoms with E-state index in [-0.39, 0.29) is 11.8 Å². The third-order valence-electron chi connectivity index (χ3n) is 5.41. The first-order chi connectivity index (χ1) is 14.4. The van der Waals surface area contributed by atoms with E-state index in [1.807, 2.05) is 4.90 Å². The topological polar surface area (TPSA) is 66.9 Å². The molecule has 6 nitrogen and oxygen atoms in total. The van der Waals surface area contributed by atoms with Crippen molar-refractivity contribution in [3.8, 4) is 0 Å². The molecule has 30 heavy (non-hydrogen) atoms. The molecule has 8 heteroatoms. The van der Waals surface area contributed by atoms with Gasteiger partial charge in [-0.1, -0.05) is 43.0 Å². The molecule has 0 atom stereocenters. The zero-order chi connectivity index (χ0) is 21.7. The summed E-state index contributed by atoms with van der Waals surface area (Å²) < 4.78 is 5.20. The van der Waals surface area contributed by atoms with Crippen molar-refractivity contribution in [2.24, 2.45) is 5.92 Å². The third kappa shape index (κ3) is 5.49. The van der Waals surface area contributed by atoms with Crippen LogP contribution in [0.4, 0.5) is 0 Å². The average molecular weight is 447 g/mol. The number of likely N-dealkylation sites (tertiary alicyclic amines) is 1. The molecule has 0 saturated carbocycles. The lowest BCUT2D eigenvalue weighted by Crippen LogP contribution is -2.38. The maximum Gasteiger partial charge on any atom is 0.337 e. The van der Waals surface area contributed by atoms with Crippen molar-refractivity contribution in [3.63, 3.8) is 0 Å². The summed E-state index contributed by atoms with van der Waals surface area (Å²) in [5, 5.41) is 0. The monoisotopic (exact) mass is 446 g/mol. The number of rotatable bonds is 6. The normalized spacial score (nSPS) is 18.9. The minimum absolute atomic E-state index is 0.138. The molecule has 2 heterocycles. The molecule has 3 rings (SSSR count). The number of carbonyl (C=O) groups excluding carboxylic acids is 3. The molecular formula is C22H26N2O4S2. The molecule has 2 aliphatic rings. The molecule has 2 fully saturated rings. The van der Waals surface area contributed by atoms with Gasteiger partial charge in [-0.2, -0.15) is 0 Å². The van der Waals surface area contributed by atoms with Crippen molar-refractivity contribution in [2.75, 3.05) is 26.7 Å². The Kier molecular flexibility index (Phi) is 7.66. The van der Waals surface area contributed by atoms with Crippen LogP contribution in [0.3, 0.4) is 0 Å². The van der Waals surface area contributed by atoms with Gasteiger partial charge >= 0.3 is 5.97 Å². The average Bonchev–Trinajstić information content (AvgIpc) is 3.01. The smallest absolute Gasteiger partial charge is 0.337 e. The van der Waals surface area contributed by atoms with E-state index in [1.165, 1.54) is 18.9 Å².